The molecule has 0 unspecified atom stereocenters. The first-order valence-corrected chi connectivity index (χ1v) is 10.1. The Morgan fingerprint density at radius 3 is 2.50 bits per heavy atom. The summed E-state index contributed by atoms with van der Waals surface area (Å²) >= 11 is 0. The monoisotopic (exact) mass is 502 g/mol. The minimum absolute atomic E-state index is 0. The number of rotatable bonds is 8. The summed E-state index contributed by atoms with van der Waals surface area (Å²) in [5, 5.41) is 9.31. The van der Waals surface area contributed by atoms with Crippen LogP contribution in [0, 0.1) is 6.92 Å². The summed E-state index contributed by atoms with van der Waals surface area (Å²) < 4.78 is 0. The molecule has 28 heavy (non-hydrogen) atoms. The van der Waals surface area contributed by atoms with E-state index in [0.717, 1.165) is 31.0 Å². The Balaban J connectivity index is 0.00000392. The SMILES string of the molecule is CN=C(NCCCN1CCCCCC1)NCCC(=O)Nc1ccc(C)cn1.I. The van der Waals surface area contributed by atoms with Gasteiger partial charge in [0.2, 0.25) is 5.91 Å². The van der Waals surface area contributed by atoms with Gasteiger partial charge in [0.05, 0.1) is 0 Å². The molecule has 0 radical (unpaired) electrons. The standard InChI is InChI=1S/C20H34N6O.HI/c1-17-8-9-18(24-16-17)25-19(27)10-12-23-20(21-2)22-11-7-15-26-13-5-3-4-6-14-26;/h8-9,16H,3-7,10-15H2,1-2H3,(H2,21,22,23)(H,24,25,27);1H. The molecule has 3 N–H and O–H groups in total. The molecule has 1 aromatic rings. The Labute approximate surface area is 186 Å². The zero-order chi connectivity index (χ0) is 19.3. The van der Waals surface area contributed by atoms with E-state index in [1.165, 1.54) is 38.8 Å². The van der Waals surface area contributed by atoms with Crippen molar-refractivity contribution >= 4 is 41.7 Å². The van der Waals surface area contributed by atoms with Gasteiger partial charge in [-0.2, -0.15) is 0 Å². The predicted molar refractivity (Wildman–Crippen MR) is 127 cm³/mol. The first-order valence-electron chi connectivity index (χ1n) is 10.1. The Hall–Kier alpha value is -1.42. The van der Waals surface area contributed by atoms with Crippen LogP contribution in [-0.2, 0) is 4.79 Å². The summed E-state index contributed by atoms with van der Waals surface area (Å²) in [6, 6.07) is 3.74. The van der Waals surface area contributed by atoms with Crippen LogP contribution in [0.1, 0.15) is 44.1 Å². The first kappa shape index (κ1) is 24.6. The number of likely N-dealkylation sites (tertiary alicyclic amines) is 1. The maximum Gasteiger partial charge on any atom is 0.227 e. The number of amides is 1. The van der Waals surface area contributed by atoms with Gasteiger partial charge in [-0.25, -0.2) is 4.98 Å². The van der Waals surface area contributed by atoms with E-state index < -0.39 is 0 Å². The number of nitrogens with zero attached hydrogens (tertiary/aromatic N) is 3. The lowest BCUT2D eigenvalue weighted by Crippen LogP contribution is -2.40. The van der Waals surface area contributed by atoms with Crippen LogP contribution in [-0.4, -0.2) is 61.5 Å². The smallest absolute Gasteiger partial charge is 0.227 e. The van der Waals surface area contributed by atoms with Crippen molar-refractivity contribution in [3.8, 4) is 0 Å². The Morgan fingerprint density at radius 2 is 1.86 bits per heavy atom. The summed E-state index contributed by atoms with van der Waals surface area (Å²) in [5.41, 5.74) is 1.07. The molecular formula is C20H35IN6O. The fourth-order valence-corrected chi connectivity index (χ4v) is 3.13. The molecule has 0 aromatic carbocycles. The van der Waals surface area contributed by atoms with Crippen LogP contribution in [0.2, 0.25) is 0 Å². The highest BCUT2D eigenvalue weighted by molar-refractivity contribution is 14.0. The quantitative estimate of drug-likeness (QED) is 0.221. The van der Waals surface area contributed by atoms with Gasteiger partial charge in [0.15, 0.2) is 5.96 Å². The van der Waals surface area contributed by atoms with Crippen LogP contribution in [0.3, 0.4) is 0 Å². The lowest BCUT2D eigenvalue weighted by molar-refractivity contribution is -0.116. The van der Waals surface area contributed by atoms with Crippen molar-refractivity contribution in [3.63, 3.8) is 0 Å². The first-order chi connectivity index (χ1) is 13.2. The van der Waals surface area contributed by atoms with Crippen molar-refractivity contribution in [1.82, 2.24) is 20.5 Å². The minimum atomic E-state index is -0.0598. The van der Waals surface area contributed by atoms with Crippen LogP contribution in [0.5, 0.6) is 0 Å². The van der Waals surface area contributed by atoms with Gasteiger partial charge in [-0.15, -0.1) is 24.0 Å². The average Bonchev–Trinajstić information content (AvgIpc) is 2.94. The highest BCUT2D eigenvalue weighted by Gasteiger charge is 2.08. The highest BCUT2D eigenvalue weighted by atomic mass is 127. The van der Waals surface area contributed by atoms with Crippen molar-refractivity contribution in [2.75, 3.05) is 45.1 Å². The molecule has 1 saturated heterocycles. The number of hydrogen-bond donors (Lipinski definition) is 3. The summed E-state index contributed by atoms with van der Waals surface area (Å²) in [7, 11) is 1.75. The Morgan fingerprint density at radius 1 is 1.14 bits per heavy atom. The third kappa shape index (κ3) is 10.2. The summed E-state index contributed by atoms with van der Waals surface area (Å²) in [5.74, 6) is 1.27. The van der Waals surface area contributed by atoms with Gasteiger partial charge >= 0.3 is 0 Å². The van der Waals surface area contributed by atoms with Crippen LogP contribution < -0.4 is 16.0 Å². The molecule has 1 fully saturated rings. The van der Waals surface area contributed by atoms with Gasteiger partial charge in [0.1, 0.15) is 5.82 Å². The molecule has 0 atom stereocenters. The van der Waals surface area contributed by atoms with E-state index in [1.54, 1.807) is 13.2 Å². The van der Waals surface area contributed by atoms with E-state index in [2.05, 4.69) is 30.8 Å². The second kappa shape index (κ2) is 14.6. The molecule has 1 aromatic heterocycles. The number of aryl methyl sites for hydroxylation is 1. The lowest BCUT2D eigenvalue weighted by atomic mass is 10.2. The molecule has 7 nitrogen and oxygen atoms in total. The highest BCUT2D eigenvalue weighted by Crippen LogP contribution is 2.09. The van der Waals surface area contributed by atoms with Crippen LogP contribution in [0.4, 0.5) is 5.82 Å². The third-order valence-electron chi connectivity index (χ3n) is 4.69. The van der Waals surface area contributed by atoms with E-state index in [4.69, 9.17) is 0 Å². The largest absolute Gasteiger partial charge is 0.356 e. The van der Waals surface area contributed by atoms with E-state index >= 15 is 0 Å². The van der Waals surface area contributed by atoms with Crippen molar-refractivity contribution in [2.45, 2.75) is 45.4 Å². The third-order valence-corrected chi connectivity index (χ3v) is 4.69. The van der Waals surface area contributed by atoms with E-state index in [-0.39, 0.29) is 29.9 Å². The fourth-order valence-electron chi connectivity index (χ4n) is 3.13. The summed E-state index contributed by atoms with van der Waals surface area (Å²) in [6.07, 6.45) is 8.61. The summed E-state index contributed by atoms with van der Waals surface area (Å²) in [6.45, 7) is 6.99. The maximum absolute atomic E-state index is 12.0. The van der Waals surface area contributed by atoms with Gasteiger partial charge in [-0.05, 0) is 57.5 Å². The second-order valence-corrected chi connectivity index (χ2v) is 7.05. The number of carbonyl (C=O) groups excluding carboxylic acids is 1. The van der Waals surface area contributed by atoms with E-state index in [9.17, 15) is 4.79 Å². The average molecular weight is 502 g/mol. The topological polar surface area (TPSA) is 81.7 Å². The Bertz CT molecular complexity index is 585. The zero-order valence-electron chi connectivity index (χ0n) is 17.2. The number of nitrogens with one attached hydrogen (secondary N) is 3. The maximum atomic E-state index is 12.0. The molecule has 2 heterocycles. The minimum Gasteiger partial charge on any atom is -0.356 e. The molecular weight excluding hydrogens is 467 g/mol. The normalized spacial score (nSPS) is 15.3. The zero-order valence-corrected chi connectivity index (χ0v) is 19.5. The van der Waals surface area contributed by atoms with Gasteiger partial charge in [-0.3, -0.25) is 9.79 Å². The van der Waals surface area contributed by atoms with Gasteiger partial charge in [0.25, 0.3) is 0 Å². The van der Waals surface area contributed by atoms with Crippen molar-refractivity contribution in [3.05, 3.63) is 23.9 Å². The van der Waals surface area contributed by atoms with Crippen LogP contribution in [0.25, 0.3) is 0 Å². The number of aromatic nitrogens is 1. The molecule has 2 rings (SSSR count). The van der Waals surface area contributed by atoms with Crippen molar-refractivity contribution in [2.24, 2.45) is 4.99 Å². The molecule has 1 amide bonds. The number of guanidine groups is 1. The van der Waals surface area contributed by atoms with E-state index in [1.807, 2.05) is 19.1 Å². The number of anilines is 1. The molecule has 0 aliphatic carbocycles. The number of halogens is 1. The molecule has 8 heteroatoms. The molecule has 1 aliphatic rings. The number of pyridine rings is 1. The number of aliphatic imine (C=N–C) groups is 1. The molecule has 0 bridgehead atoms. The molecule has 0 spiro atoms. The van der Waals surface area contributed by atoms with E-state index in [0.29, 0.717) is 18.8 Å². The number of carbonyl (C=O) groups is 1. The van der Waals surface area contributed by atoms with Crippen molar-refractivity contribution < 1.29 is 4.79 Å². The lowest BCUT2D eigenvalue weighted by Gasteiger charge is -2.20. The number of hydrogen-bond acceptors (Lipinski definition) is 4. The Kier molecular flexibility index (Phi) is 12.8. The molecule has 158 valence electrons. The van der Waals surface area contributed by atoms with Crippen LogP contribution in [0.15, 0.2) is 23.3 Å². The van der Waals surface area contributed by atoms with Crippen LogP contribution >= 0.6 is 24.0 Å². The van der Waals surface area contributed by atoms with Gasteiger partial charge < -0.3 is 20.9 Å². The van der Waals surface area contributed by atoms with Crippen molar-refractivity contribution in [1.29, 1.82) is 0 Å². The summed E-state index contributed by atoms with van der Waals surface area (Å²) in [4.78, 5) is 22.9. The van der Waals surface area contributed by atoms with Gasteiger partial charge in [0, 0.05) is 32.8 Å². The second-order valence-electron chi connectivity index (χ2n) is 7.05. The fraction of sp³-hybridized carbons (Fsp3) is 0.650. The van der Waals surface area contributed by atoms with Gasteiger partial charge in [-0.1, -0.05) is 18.9 Å². The molecule has 1 aliphatic heterocycles. The molecule has 0 saturated carbocycles. The predicted octanol–water partition coefficient (Wildman–Crippen LogP) is 2.77.